The number of anilines is 1. The van der Waals surface area contributed by atoms with Crippen LogP contribution in [0, 0.1) is 0 Å². The Morgan fingerprint density at radius 2 is 1.57 bits per heavy atom. The van der Waals surface area contributed by atoms with Crippen LogP contribution in [0.25, 0.3) is 11.1 Å². The van der Waals surface area contributed by atoms with Crippen molar-refractivity contribution in [2.75, 3.05) is 4.90 Å². The van der Waals surface area contributed by atoms with Crippen LogP contribution < -0.4 is 4.90 Å². The minimum absolute atomic E-state index is 0.0545. The van der Waals surface area contributed by atoms with Crippen LogP contribution in [-0.2, 0) is 9.59 Å². The van der Waals surface area contributed by atoms with Crippen molar-refractivity contribution in [1.82, 2.24) is 0 Å². The molecule has 3 aromatic carbocycles. The number of benzene rings is 3. The second kappa shape index (κ2) is 7.87. The predicted molar refractivity (Wildman–Crippen MR) is 114 cm³/mol. The highest BCUT2D eigenvalue weighted by molar-refractivity contribution is 7.99. The van der Waals surface area contributed by atoms with Gasteiger partial charge in [0, 0.05) is 16.6 Å². The van der Waals surface area contributed by atoms with Crippen LogP contribution in [0.4, 0.5) is 5.69 Å². The average molecular weight is 385 g/mol. The first-order valence-electron chi connectivity index (χ1n) is 9.08. The summed E-state index contributed by atoms with van der Waals surface area (Å²) in [7, 11) is 0. The van der Waals surface area contributed by atoms with E-state index in [0.717, 1.165) is 21.6 Å². The number of fused-ring (bicyclic) bond motifs is 1. The highest BCUT2D eigenvalue weighted by atomic mass is 32.2. The van der Waals surface area contributed by atoms with Gasteiger partial charge in [0.25, 0.3) is 5.91 Å². The standard InChI is InChI=1S/C24H19NO2S/c1-2-23(26)25-20-10-6-7-11-21(20)28-22(16-24(25)27)19-14-12-18(13-15-19)17-8-4-3-5-9-17/h2-15,22H,1,16H2. The molecule has 1 atom stereocenters. The van der Waals surface area contributed by atoms with Gasteiger partial charge in [0.15, 0.2) is 0 Å². The van der Waals surface area contributed by atoms with E-state index in [1.165, 1.54) is 11.0 Å². The predicted octanol–water partition coefficient (Wildman–Crippen LogP) is 5.64. The lowest BCUT2D eigenvalue weighted by molar-refractivity contribution is -0.124. The van der Waals surface area contributed by atoms with Crippen molar-refractivity contribution in [3.63, 3.8) is 0 Å². The number of carbonyl (C=O) groups is 2. The summed E-state index contributed by atoms with van der Waals surface area (Å²) in [5.74, 6) is -0.599. The van der Waals surface area contributed by atoms with Crippen molar-refractivity contribution in [3.8, 4) is 11.1 Å². The molecule has 0 N–H and O–H groups in total. The van der Waals surface area contributed by atoms with Gasteiger partial charge in [-0.3, -0.25) is 9.59 Å². The number of thioether (sulfide) groups is 1. The van der Waals surface area contributed by atoms with Crippen LogP contribution in [0.15, 0.2) is 96.4 Å². The van der Waals surface area contributed by atoms with E-state index >= 15 is 0 Å². The van der Waals surface area contributed by atoms with Crippen molar-refractivity contribution in [1.29, 1.82) is 0 Å². The van der Waals surface area contributed by atoms with Crippen LogP contribution >= 0.6 is 11.8 Å². The summed E-state index contributed by atoms with van der Waals surface area (Å²) in [5, 5.41) is -0.0545. The van der Waals surface area contributed by atoms with Crippen molar-refractivity contribution < 1.29 is 9.59 Å². The van der Waals surface area contributed by atoms with Crippen LogP contribution in [0.3, 0.4) is 0 Å². The lowest BCUT2D eigenvalue weighted by Gasteiger charge is -2.18. The van der Waals surface area contributed by atoms with Gasteiger partial charge in [-0.15, -0.1) is 11.8 Å². The molecular weight excluding hydrogens is 366 g/mol. The highest BCUT2D eigenvalue weighted by Gasteiger charge is 2.31. The van der Waals surface area contributed by atoms with Crippen LogP contribution in [0.2, 0.25) is 0 Å². The van der Waals surface area contributed by atoms with E-state index in [1.54, 1.807) is 11.8 Å². The molecule has 0 saturated heterocycles. The highest BCUT2D eigenvalue weighted by Crippen LogP contribution is 2.45. The molecule has 0 fully saturated rings. The fraction of sp³-hybridized carbons (Fsp3) is 0.0833. The summed E-state index contributed by atoms with van der Waals surface area (Å²) >= 11 is 1.62. The molecule has 0 radical (unpaired) electrons. The first-order chi connectivity index (χ1) is 13.7. The number of para-hydroxylation sites is 1. The Hall–Kier alpha value is -3.11. The maximum absolute atomic E-state index is 12.9. The molecular formula is C24H19NO2S. The number of hydrogen-bond donors (Lipinski definition) is 0. The minimum Gasteiger partial charge on any atom is -0.274 e. The van der Waals surface area contributed by atoms with E-state index in [1.807, 2.05) is 42.5 Å². The number of amides is 2. The summed E-state index contributed by atoms with van der Waals surface area (Å²) in [6.07, 6.45) is 1.44. The molecule has 1 aliphatic rings. The lowest BCUT2D eigenvalue weighted by Crippen LogP contribution is -2.35. The van der Waals surface area contributed by atoms with Crippen molar-refractivity contribution in [3.05, 3.63) is 97.1 Å². The Morgan fingerprint density at radius 1 is 0.929 bits per heavy atom. The SMILES string of the molecule is C=CC(=O)N1C(=O)CC(c2ccc(-c3ccccc3)cc2)Sc2ccccc21. The van der Waals surface area contributed by atoms with E-state index in [-0.39, 0.29) is 17.6 Å². The van der Waals surface area contributed by atoms with E-state index in [4.69, 9.17) is 0 Å². The molecule has 138 valence electrons. The topological polar surface area (TPSA) is 37.4 Å². The number of rotatable bonds is 3. The summed E-state index contributed by atoms with van der Waals surface area (Å²) in [6.45, 7) is 3.54. The Kier molecular flexibility index (Phi) is 5.13. The molecule has 0 aromatic heterocycles. The third-order valence-corrected chi connectivity index (χ3v) is 6.09. The fourth-order valence-electron chi connectivity index (χ4n) is 3.36. The Bertz CT molecular complexity index is 1030. The monoisotopic (exact) mass is 385 g/mol. The molecule has 0 saturated carbocycles. The van der Waals surface area contributed by atoms with E-state index < -0.39 is 5.91 Å². The summed E-state index contributed by atoms with van der Waals surface area (Å²) in [5.41, 5.74) is 4.00. The summed E-state index contributed by atoms with van der Waals surface area (Å²) in [4.78, 5) is 27.4. The van der Waals surface area contributed by atoms with Gasteiger partial charge in [0.2, 0.25) is 5.91 Å². The zero-order valence-corrected chi connectivity index (χ0v) is 16.1. The van der Waals surface area contributed by atoms with Gasteiger partial charge in [-0.1, -0.05) is 73.3 Å². The van der Waals surface area contributed by atoms with Crippen LogP contribution in [-0.4, -0.2) is 11.8 Å². The third-order valence-electron chi connectivity index (χ3n) is 4.77. The van der Waals surface area contributed by atoms with Crippen LogP contribution in [0.1, 0.15) is 17.2 Å². The van der Waals surface area contributed by atoms with E-state index in [2.05, 4.69) is 43.0 Å². The van der Waals surface area contributed by atoms with E-state index in [9.17, 15) is 9.59 Å². The molecule has 3 nitrogen and oxygen atoms in total. The zero-order valence-electron chi connectivity index (χ0n) is 15.2. The fourth-order valence-corrected chi connectivity index (χ4v) is 4.62. The van der Waals surface area contributed by atoms with E-state index in [0.29, 0.717) is 5.69 Å². The average Bonchev–Trinajstić information content (AvgIpc) is 2.90. The van der Waals surface area contributed by atoms with Crippen molar-refractivity contribution in [2.45, 2.75) is 16.6 Å². The first kappa shape index (κ1) is 18.3. The molecule has 3 aromatic rings. The zero-order chi connectivity index (χ0) is 19.5. The lowest BCUT2D eigenvalue weighted by atomic mass is 10.0. The first-order valence-corrected chi connectivity index (χ1v) is 9.96. The van der Waals surface area contributed by atoms with Gasteiger partial charge in [-0.2, -0.15) is 0 Å². The number of hydrogen-bond acceptors (Lipinski definition) is 3. The largest absolute Gasteiger partial charge is 0.274 e. The number of imide groups is 1. The molecule has 1 unspecified atom stereocenters. The quantitative estimate of drug-likeness (QED) is 0.548. The van der Waals surface area contributed by atoms with Gasteiger partial charge in [0.1, 0.15) is 0 Å². The van der Waals surface area contributed by atoms with Gasteiger partial charge in [-0.25, -0.2) is 4.90 Å². The molecule has 4 heteroatoms. The minimum atomic E-state index is -0.391. The molecule has 1 heterocycles. The van der Waals surface area contributed by atoms with Gasteiger partial charge < -0.3 is 0 Å². The Balaban J connectivity index is 1.67. The van der Waals surface area contributed by atoms with Gasteiger partial charge in [0.05, 0.1) is 5.69 Å². The number of carbonyl (C=O) groups excluding carboxylic acids is 2. The normalized spacial score (nSPS) is 16.2. The molecule has 4 rings (SSSR count). The Labute approximate surface area is 168 Å². The smallest absolute Gasteiger partial charge is 0.257 e. The van der Waals surface area contributed by atoms with Gasteiger partial charge >= 0.3 is 0 Å². The summed E-state index contributed by atoms with van der Waals surface area (Å²) in [6, 6.07) is 26.0. The number of nitrogens with zero attached hydrogens (tertiary/aromatic N) is 1. The second-order valence-corrected chi connectivity index (χ2v) is 7.78. The maximum Gasteiger partial charge on any atom is 0.257 e. The molecule has 1 aliphatic heterocycles. The molecule has 0 bridgehead atoms. The van der Waals surface area contributed by atoms with Gasteiger partial charge in [-0.05, 0) is 34.9 Å². The van der Waals surface area contributed by atoms with Crippen LogP contribution in [0.5, 0.6) is 0 Å². The second-order valence-electron chi connectivity index (χ2n) is 6.54. The maximum atomic E-state index is 12.9. The molecule has 0 aliphatic carbocycles. The molecule has 0 spiro atoms. The third kappa shape index (κ3) is 3.51. The Morgan fingerprint density at radius 3 is 2.29 bits per heavy atom. The summed E-state index contributed by atoms with van der Waals surface area (Å²) < 4.78 is 0. The molecule has 2 amide bonds. The molecule has 28 heavy (non-hydrogen) atoms. The van der Waals surface area contributed by atoms with Crippen molar-refractivity contribution in [2.24, 2.45) is 0 Å². The van der Waals surface area contributed by atoms with Crippen molar-refractivity contribution >= 4 is 29.3 Å².